The molecule has 0 fully saturated rings. The summed E-state index contributed by atoms with van der Waals surface area (Å²) in [7, 11) is 0. The fraction of sp³-hybridized carbons (Fsp3) is 0.188. The lowest BCUT2D eigenvalue weighted by Gasteiger charge is -2.17. The van der Waals surface area contributed by atoms with Gasteiger partial charge in [0, 0.05) is 17.8 Å². The molecule has 1 atom stereocenters. The molecule has 0 aliphatic carbocycles. The van der Waals surface area contributed by atoms with Crippen LogP contribution in [-0.2, 0) is 4.79 Å². The average molecular weight is 255 g/mol. The number of benzene rings is 2. The van der Waals surface area contributed by atoms with Gasteiger partial charge in [0.15, 0.2) is 0 Å². The third-order valence-electron chi connectivity index (χ3n) is 3.07. The number of hydrogen-bond donors (Lipinski definition) is 2. The minimum atomic E-state index is -0.935. The second-order valence-corrected chi connectivity index (χ2v) is 4.60. The van der Waals surface area contributed by atoms with Crippen LogP contribution in [0.1, 0.15) is 25.5 Å². The molecule has 2 rings (SSSR count). The summed E-state index contributed by atoms with van der Waals surface area (Å²) in [4.78, 5) is 10.6. The Hall–Kier alpha value is -2.29. The minimum Gasteiger partial charge on any atom is -0.478 e. The van der Waals surface area contributed by atoms with Gasteiger partial charge in [-0.3, -0.25) is 0 Å². The maximum atomic E-state index is 10.6. The predicted octanol–water partition coefficient (Wildman–Crippen LogP) is 3.48. The highest BCUT2D eigenvalue weighted by atomic mass is 16.4. The second kappa shape index (κ2) is 5.57. The van der Waals surface area contributed by atoms with E-state index in [1.165, 1.54) is 16.8 Å². The van der Waals surface area contributed by atoms with Crippen molar-refractivity contribution < 1.29 is 9.90 Å². The van der Waals surface area contributed by atoms with Crippen LogP contribution in [0.4, 0.5) is 0 Å². The number of allylic oxidation sites excluding steroid dienone is 1. The zero-order valence-corrected chi connectivity index (χ0v) is 11.1. The molecule has 2 N–H and O–H groups in total. The Bertz CT molecular complexity index is 626. The lowest BCUT2D eigenvalue weighted by molar-refractivity contribution is -0.131. The number of aliphatic carboxylic acids is 1. The Balaban J connectivity index is 2.31. The van der Waals surface area contributed by atoms with Crippen molar-refractivity contribution in [2.75, 3.05) is 0 Å². The first kappa shape index (κ1) is 13.1. The van der Waals surface area contributed by atoms with E-state index in [1.807, 2.05) is 25.1 Å². The van der Waals surface area contributed by atoms with Crippen molar-refractivity contribution in [3.8, 4) is 0 Å². The van der Waals surface area contributed by atoms with Crippen molar-refractivity contribution >= 4 is 16.7 Å². The van der Waals surface area contributed by atoms with E-state index in [2.05, 4.69) is 29.6 Å². The van der Waals surface area contributed by atoms with E-state index in [-0.39, 0.29) is 6.04 Å². The Morgan fingerprint density at radius 1 is 1.21 bits per heavy atom. The van der Waals surface area contributed by atoms with E-state index >= 15 is 0 Å². The zero-order chi connectivity index (χ0) is 13.8. The number of nitrogens with one attached hydrogen (secondary N) is 1. The van der Waals surface area contributed by atoms with Crippen molar-refractivity contribution in [2.45, 2.75) is 19.9 Å². The highest BCUT2D eigenvalue weighted by Gasteiger charge is 2.09. The number of carbonyl (C=O) groups is 1. The van der Waals surface area contributed by atoms with Crippen LogP contribution < -0.4 is 5.32 Å². The minimum absolute atomic E-state index is 0.0571. The van der Waals surface area contributed by atoms with Gasteiger partial charge in [0.1, 0.15) is 0 Å². The lowest BCUT2D eigenvalue weighted by Crippen LogP contribution is -2.17. The third-order valence-corrected chi connectivity index (χ3v) is 3.07. The van der Waals surface area contributed by atoms with Crippen molar-refractivity contribution in [1.29, 1.82) is 0 Å². The quantitative estimate of drug-likeness (QED) is 0.822. The first-order valence-electron chi connectivity index (χ1n) is 6.23. The van der Waals surface area contributed by atoms with E-state index in [9.17, 15) is 4.79 Å². The summed E-state index contributed by atoms with van der Waals surface area (Å²) in [6.07, 6.45) is 1.18. The van der Waals surface area contributed by atoms with Gasteiger partial charge in [-0.2, -0.15) is 0 Å². The Kier molecular flexibility index (Phi) is 3.85. The maximum Gasteiger partial charge on any atom is 0.330 e. The highest BCUT2D eigenvalue weighted by Crippen LogP contribution is 2.24. The molecule has 0 heterocycles. The first-order chi connectivity index (χ1) is 9.08. The van der Waals surface area contributed by atoms with Gasteiger partial charge in [0.05, 0.1) is 0 Å². The summed E-state index contributed by atoms with van der Waals surface area (Å²) in [5.74, 6) is -0.935. The van der Waals surface area contributed by atoms with Crippen LogP contribution in [0.2, 0.25) is 0 Å². The third kappa shape index (κ3) is 3.13. The Labute approximate surface area is 112 Å². The molecule has 0 saturated heterocycles. The molecule has 2 aromatic rings. The van der Waals surface area contributed by atoms with Gasteiger partial charge in [-0.25, -0.2) is 4.79 Å². The molecule has 3 heteroatoms. The standard InChI is InChI=1S/C16H17NO2/c1-11(10-16(18)19)17-12(2)14-9-5-7-13-6-3-4-8-15(13)14/h3-10,12,17H,1-2H3,(H,18,19)/t12-/m0/s1. The number of hydrogen-bond acceptors (Lipinski definition) is 2. The lowest BCUT2D eigenvalue weighted by atomic mass is 9.99. The highest BCUT2D eigenvalue weighted by molar-refractivity contribution is 5.86. The number of rotatable bonds is 4. The predicted molar refractivity (Wildman–Crippen MR) is 76.9 cm³/mol. The normalized spacial score (nSPS) is 13.3. The Morgan fingerprint density at radius 2 is 1.89 bits per heavy atom. The van der Waals surface area contributed by atoms with Crippen molar-refractivity contribution in [1.82, 2.24) is 5.32 Å². The van der Waals surface area contributed by atoms with Crippen molar-refractivity contribution in [3.05, 3.63) is 59.8 Å². The van der Waals surface area contributed by atoms with E-state index < -0.39 is 5.97 Å². The molecule has 0 spiro atoms. The molecule has 0 unspecified atom stereocenters. The van der Waals surface area contributed by atoms with Gasteiger partial charge in [0.2, 0.25) is 0 Å². The SMILES string of the molecule is CC(=CC(=O)O)N[C@@H](C)c1cccc2ccccc12. The number of carboxylic acid groups (broad SMARTS) is 1. The van der Waals surface area contributed by atoms with Crippen LogP contribution in [0.3, 0.4) is 0 Å². The molecule has 3 nitrogen and oxygen atoms in total. The van der Waals surface area contributed by atoms with Crippen LogP contribution in [0.25, 0.3) is 10.8 Å². The summed E-state index contributed by atoms with van der Waals surface area (Å²) in [5, 5.41) is 14.3. The van der Waals surface area contributed by atoms with E-state index in [4.69, 9.17) is 5.11 Å². The molecule has 19 heavy (non-hydrogen) atoms. The summed E-state index contributed by atoms with van der Waals surface area (Å²) >= 11 is 0. The molecule has 0 aliphatic rings. The van der Waals surface area contributed by atoms with Crippen LogP contribution in [-0.4, -0.2) is 11.1 Å². The van der Waals surface area contributed by atoms with Crippen LogP contribution in [0, 0.1) is 0 Å². The van der Waals surface area contributed by atoms with Crippen LogP contribution in [0.5, 0.6) is 0 Å². The maximum absolute atomic E-state index is 10.6. The summed E-state index contributed by atoms with van der Waals surface area (Å²) < 4.78 is 0. The van der Waals surface area contributed by atoms with E-state index in [0.29, 0.717) is 5.70 Å². The molecule has 0 radical (unpaired) electrons. The zero-order valence-electron chi connectivity index (χ0n) is 11.1. The van der Waals surface area contributed by atoms with E-state index in [0.717, 1.165) is 5.56 Å². The summed E-state index contributed by atoms with van der Waals surface area (Å²) in [5.41, 5.74) is 1.81. The molecule has 0 aromatic heterocycles. The molecule has 0 saturated carbocycles. The fourth-order valence-electron chi connectivity index (χ4n) is 2.27. The van der Waals surface area contributed by atoms with Gasteiger partial charge < -0.3 is 10.4 Å². The first-order valence-corrected chi connectivity index (χ1v) is 6.23. The van der Waals surface area contributed by atoms with Gasteiger partial charge >= 0.3 is 5.97 Å². The van der Waals surface area contributed by atoms with Gasteiger partial charge in [0.25, 0.3) is 0 Å². The largest absolute Gasteiger partial charge is 0.478 e. The van der Waals surface area contributed by atoms with Gasteiger partial charge in [-0.05, 0) is 30.2 Å². The smallest absolute Gasteiger partial charge is 0.330 e. The summed E-state index contributed by atoms with van der Waals surface area (Å²) in [6, 6.07) is 14.4. The van der Waals surface area contributed by atoms with E-state index in [1.54, 1.807) is 6.92 Å². The van der Waals surface area contributed by atoms with Gasteiger partial charge in [-0.1, -0.05) is 42.5 Å². The Morgan fingerprint density at radius 3 is 2.63 bits per heavy atom. The van der Waals surface area contributed by atoms with Crippen molar-refractivity contribution in [3.63, 3.8) is 0 Å². The fourth-order valence-corrected chi connectivity index (χ4v) is 2.27. The topological polar surface area (TPSA) is 49.3 Å². The monoisotopic (exact) mass is 255 g/mol. The molecule has 0 amide bonds. The molecule has 98 valence electrons. The second-order valence-electron chi connectivity index (χ2n) is 4.60. The summed E-state index contributed by atoms with van der Waals surface area (Å²) in [6.45, 7) is 3.79. The molecular formula is C16H17NO2. The molecule has 0 aliphatic heterocycles. The van der Waals surface area contributed by atoms with Crippen molar-refractivity contribution in [2.24, 2.45) is 0 Å². The van der Waals surface area contributed by atoms with Crippen LogP contribution >= 0.6 is 0 Å². The van der Waals surface area contributed by atoms with Crippen LogP contribution in [0.15, 0.2) is 54.2 Å². The molecule has 0 bridgehead atoms. The average Bonchev–Trinajstić information content (AvgIpc) is 2.36. The van der Waals surface area contributed by atoms with Gasteiger partial charge in [-0.15, -0.1) is 0 Å². The number of carboxylic acids is 1. The number of fused-ring (bicyclic) bond motifs is 1. The molecular weight excluding hydrogens is 238 g/mol. The molecule has 2 aromatic carbocycles.